The third-order valence-electron chi connectivity index (χ3n) is 7.21. The minimum absolute atomic E-state index is 0.0811. The maximum absolute atomic E-state index is 14.2. The largest absolute Gasteiger partial charge is 0.416 e. The van der Waals surface area contributed by atoms with Crippen LogP contribution in [0, 0.1) is 21.6 Å². The molecule has 0 heterocycles. The fourth-order valence-corrected chi connectivity index (χ4v) is 4.53. The number of hydrazone groups is 4. The van der Waals surface area contributed by atoms with Gasteiger partial charge in [-0.3, -0.25) is 31.2 Å². The standard InChI is InChI=1S/C33H39F3N18O2/c1-14(47-51-29(37)38)18-5-19(15(2)48-52-30(39)40)11-25(10-18)45-27(55)22-7-23(9-24(8-22)33(34,35)36)28(56)46-26-12-20(16(3)49-53-31(41)42)6-21(13-26)17(4)50-54-32(43)44/h5-13H,1-4H3,(H,45,55)(H,46,56)(H4,37,38,51)(H4,39,40,52)(H4,41,42,53)(H4,43,44,54)/b47-14-,48-15-,49-16-,50-17+. The summed E-state index contributed by atoms with van der Waals surface area (Å²) in [5.74, 6) is -3.84. The number of carbonyl (C=O) groups excluding carboxylic acids is 2. The van der Waals surface area contributed by atoms with E-state index in [4.69, 9.17) is 44.6 Å². The molecule has 294 valence electrons. The molecule has 0 saturated carbocycles. The highest BCUT2D eigenvalue weighted by molar-refractivity contribution is 6.12. The number of nitrogens with one attached hydrogen (secondary N) is 10. The molecule has 3 rings (SSSR count). The molecule has 0 saturated heterocycles. The molecule has 0 aliphatic carbocycles. The highest BCUT2D eigenvalue weighted by Gasteiger charge is 2.32. The number of anilines is 2. The molecule has 3 aromatic rings. The normalized spacial score (nSPS) is 12.3. The lowest BCUT2D eigenvalue weighted by atomic mass is 10.0. The zero-order valence-corrected chi connectivity index (χ0v) is 30.2. The Morgan fingerprint density at radius 1 is 0.482 bits per heavy atom. The number of hydrogen-bond acceptors (Lipinski definition) is 10. The van der Waals surface area contributed by atoms with Gasteiger partial charge in [-0.2, -0.15) is 33.6 Å². The van der Waals surface area contributed by atoms with Gasteiger partial charge >= 0.3 is 6.18 Å². The molecular weight excluding hydrogens is 737 g/mol. The first-order chi connectivity index (χ1) is 26.1. The molecule has 0 aliphatic heterocycles. The third kappa shape index (κ3) is 12.7. The number of rotatable bonds is 12. The molecule has 0 fully saturated rings. The molecule has 0 aromatic heterocycles. The highest BCUT2D eigenvalue weighted by Crippen LogP contribution is 2.31. The van der Waals surface area contributed by atoms with Gasteiger partial charge in [0.25, 0.3) is 11.8 Å². The van der Waals surface area contributed by atoms with Crippen LogP contribution in [0.2, 0.25) is 0 Å². The molecule has 56 heavy (non-hydrogen) atoms. The van der Waals surface area contributed by atoms with E-state index in [0.717, 1.165) is 6.07 Å². The van der Waals surface area contributed by atoms with Crippen LogP contribution in [0.25, 0.3) is 0 Å². The SMILES string of the molecule is C/C(=N/NC(=N)N)c1cc(NC(=O)c2cc(C(=O)Nc3cc(/C(C)=N\NC(=N)N)cc(/C(C)=N/NC(=N)N)c3)cc(C(F)(F)F)c2)cc(/C(C)=N\NC(=N)N)c1. The van der Waals surface area contributed by atoms with Gasteiger partial charge in [0.15, 0.2) is 0 Å². The van der Waals surface area contributed by atoms with Crippen molar-refractivity contribution in [3.63, 3.8) is 0 Å². The molecular formula is C33H39F3N18O2. The van der Waals surface area contributed by atoms with Gasteiger partial charge in [-0.15, -0.1) is 0 Å². The Hall–Kier alpha value is -7.85. The van der Waals surface area contributed by atoms with Crippen molar-refractivity contribution >= 4 is 69.9 Å². The van der Waals surface area contributed by atoms with E-state index in [9.17, 15) is 22.8 Å². The van der Waals surface area contributed by atoms with Crippen LogP contribution >= 0.6 is 0 Å². The first-order valence-electron chi connectivity index (χ1n) is 15.9. The summed E-state index contributed by atoms with van der Waals surface area (Å²) < 4.78 is 42.5. The van der Waals surface area contributed by atoms with E-state index in [1.807, 2.05) is 0 Å². The monoisotopic (exact) mass is 776 g/mol. The van der Waals surface area contributed by atoms with Crippen molar-refractivity contribution in [2.45, 2.75) is 33.9 Å². The van der Waals surface area contributed by atoms with Crippen molar-refractivity contribution in [2.75, 3.05) is 10.6 Å². The van der Waals surface area contributed by atoms with Crippen molar-refractivity contribution in [3.05, 3.63) is 93.5 Å². The van der Waals surface area contributed by atoms with Gasteiger partial charge in [0.05, 0.1) is 28.4 Å². The number of nitrogens with zero attached hydrogens (tertiary/aromatic N) is 4. The Labute approximate surface area is 317 Å². The fraction of sp³-hybridized carbons (Fsp3) is 0.152. The van der Waals surface area contributed by atoms with Crippen LogP contribution in [0.4, 0.5) is 24.5 Å². The fourth-order valence-electron chi connectivity index (χ4n) is 4.53. The number of alkyl halides is 3. The van der Waals surface area contributed by atoms with Crippen LogP contribution in [0.5, 0.6) is 0 Å². The molecule has 0 atom stereocenters. The second kappa shape index (κ2) is 18.3. The smallest absolute Gasteiger partial charge is 0.369 e. The number of hydrogen-bond donors (Lipinski definition) is 14. The second-order valence-electron chi connectivity index (χ2n) is 11.7. The van der Waals surface area contributed by atoms with Crippen LogP contribution in [0.3, 0.4) is 0 Å². The molecule has 20 nitrogen and oxygen atoms in total. The van der Waals surface area contributed by atoms with Crippen molar-refractivity contribution in [3.8, 4) is 0 Å². The lowest BCUT2D eigenvalue weighted by Crippen LogP contribution is -2.27. The predicted octanol–water partition coefficient (Wildman–Crippen LogP) is 2.04. The van der Waals surface area contributed by atoms with Crippen molar-refractivity contribution < 1.29 is 22.8 Å². The summed E-state index contributed by atoms with van der Waals surface area (Å²) in [7, 11) is 0. The minimum Gasteiger partial charge on any atom is -0.369 e. The second-order valence-corrected chi connectivity index (χ2v) is 11.7. The molecule has 18 N–H and O–H groups in total. The molecule has 23 heteroatoms. The Morgan fingerprint density at radius 2 is 0.732 bits per heavy atom. The summed E-state index contributed by atoms with van der Waals surface area (Å²) in [4.78, 5) is 27.2. The molecule has 3 aromatic carbocycles. The number of guanidine groups is 4. The molecule has 0 unspecified atom stereocenters. The molecule has 0 bridgehead atoms. The van der Waals surface area contributed by atoms with Crippen molar-refractivity contribution in [2.24, 2.45) is 43.3 Å². The molecule has 0 spiro atoms. The van der Waals surface area contributed by atoms with Gasteiger partial charge in [0, 0.05) is 44.8 Å². The lowest BCUT2D eigenvalue weighted by molar-refractivity contribution is -0.137. The summed E-state index contributed by atoms with van der Waals surface area (Å²) in [6.45, 7) is 6.24. The third-order valence-corrected chi connectivity index (χ3v) is 7.21. The van der Waals surface area contributed by atoms with Crippen LogP contribution < -0.4 is 55.3 Å². The van der Waals surface area contributed by atoms with E-state index in [1.54, 1.807) is 39.8 Å². The Morgan fingerprint density at radius 3 is 0.964 bits per heavy atom. The molecule has 0 aliphatic rings. The minimum atomic E-state index is -4.96. The van der Waals surface area contributed by atoms with E-state index in [1.165, 1.54) is 24.3 Å². The lowest BCUT2D eigenvalue weighted by Gasteiger charge is -2.15. The zero-order valence-electron chi connectivity index (χ0n) is 30.2. The quantitative estimate of drug-likeness (QED) is 0.0721. The molecule has 0 radical (unpaired) electrons. The number of nitrogens with two attached hydrogens (primary N) is 4. The van der Waals surface area contributed by atoms with Gasteiger partial charge in [0.1, 0.15) is 0 Å². The number of amides is 2. The molecule has 2 amide bonds. The number of benzene rings is 3. The maximum Gasteiger partial charge on any atom is 0.416 e. The number of halogens is 3. The summed E-state index contributed by atoms with van der Waals surface area (Å²) in [5, 5.41) is 50.5. The van der Waals surface area contributed by atoms with Gasteiger partial charge in [0.2, 0.25) is 23.8 Å². The maximum atomic E-state index is 14.2. The predicted molar refractivity (Wildman–Crippen MR) is 209 cm³/mol. The summed E-state index contributed by atoms with van der Waals surface area (Å²) in [6, 6.07) is 11.2. The van der Waals surface area contributed by atoms with Gasteiger partial charge in [-0.1, -0.05) is 0 Å². The van der Waals surface area contributed by atoms with E-state index in [0.29, 0.717) is 57.2 Å². The Bertz CT molecular complexity index is 1960. The highest BCUT2D eigenvalue weighted by atomic mass is 19.4. The van der Waals surface area contributed by atoms with Crippen LogP contribution in [0.1, 0.15) is 76.2 Å². The van der Waals surface area contributed by atoms with E-state index >= 15 is 0 Å². The van der Waals surface area contributed by atoms with E-state index in [-0.39, 0.29) is 11.4 Å². The van der Waals surface area contributed by atoms with E-state index < -0.39 is 58.5 Å². The first kappa shape index (κ1) is 42.6. The van der Waals surface area contributed by atoms with Crippen LogP contribution in [0.15, 0.2) is 75.0 Å². The van der Waals surface area contributed by atoms with E-state index in [2.05, 4.69) is 52.7 Å². The average molecular weight is 777 g/mol. The number of carbonyl (C=O) groups is 2. The Balaban J connectivity index is 2.10. The van der Waals surface area contributed by atoms with Crippen LogP contribution in [-0.4, -0.2) is 58.5 Å². The van der Waals surface area contributed by atoms with Gasteiger partial charge < -0.3 is 33.6 Å². The topological polar surface area (TPSA) is 355 Å². The summed E-state index contributed by atoms with van der Waals surface area (Å²) >= 11 is 0. The zero-order chi connectivity index (χ0) is 41.9. The first-order valence-corrected chi connectivity index (χ1v) is 15.9. The summed E-state index contributed by atoms with van der Waals surface area (Å²) in [6.07, 6.45) is -4.96. The summed E-state index contributed by atoms with van der Waals surface area (Å²) in [5.41, 5.74) is 31.0. The van der Waals surface area contributed by atoms with Crippen molar-refractivity contribution in [1.29, 1.82) is 21.6 Å². The van der Waals surface area contributed by atoms with Crippen molar-refractivity contribution in [1.82, 2.24) is 21.7 Å². The average Bonchev–Trinajstić information content (AvgIpc) is 3.12. The van der Waals surface area contributed by atoms with Gasteiger partial charge in [-0.25, -0.2) is 21.7 Å². The van der Waals surface area contributed by atoms with Crippen LogP contribution in [-0.2, 0) is 6.18 Å². The van der Waals surface area contributed by atoms with Gasteiger partial charge in [-0.05, 0) is 82.3 Å². The Kier molecular flexibility index (Phi) is 13.9.